The van der Waals surface area contributed by atoms with Gasteiger partial charge in [0.2, 0.25) is 5.91 Å². The summed E-state index contributed by atoms with van der Waals surface area (Å²) in [6, 6.07) is 16.4. The topological polar surface area (TPSA) is 102 Å². The molecule has 3 aromatic rings. The molecule has 3 N–H and O–H groups in total. The van der Waals surface area contributed by atoms with Crippen LogP contribution in [-0.4, -0.2) is 17.6 Å². The summed E-state index contributed by atoms with van der Waals surface area (Å²) in [7, 11) is 0. The van der Waals surface area contributed by atoms with Crippen LogP contribution in [0.1, 0.15) is 38.2 Å². The van der Waals surface area contributed by atoms with E-state index in [1.54, 1.807) is 48.5 Å². The fraction of sp³-hybridized carbons (Fsp3) is 0.0500. The predicted molar refractivity (Wildman–Crippen MR) is 97.1 cm³/mol. The third-order valence-electron chi connectivity index (χ3n) is 3.83. The number of carbonyl (C=O) groups is 3. The molecule has 2 amide bonds. The van der Waals surface area contributed by atoms with Gasteiger partial charge in [0.05, 0.1) is 0 Å². The van der Waals surface area contributed by atoms with Crippen LogP contribution in [0.4, 0.5) is 5.69 Å². The zero-order valence-corrected chi connectivity index (χ0v) is 14.0. The minimum absolute atomic E-state index is 0.0154. The summed E-state index contributed by atoms with van der Waals surface area (Å²) in [6.45, 7) is 1.50. The molecule has 0 fully saturated rings. The van der Waals surface area contributed by atoms with Crippen molar-refractivity contribution in [3.63, 3.8) is 0 Å². The van der Waals surface area contributed by atoms with Gasteiger partial charge in [-0.1, -0.05) is 24.3 Å². The lowest BCUT2D eigenvalue weighted by Gasteiger charge is -2.04. The monoisotopic (exact) mass is 348 g/mol. The normalized spacial score (nSPS) is 10.3. The van der Waals surface area contributed by atoms with Gasteiger partial charge in [0, 0.05) is 22.4 Å². The SMILES string of the molecule is CC(=O)c1ccc(-c2ccc(C(=O)Nc3ccc(C(N)=O)cc3)o2)cc1. The summed E-state index contributed by atoms with van der Waals surface area (Å²) in [6.07, 6.45) is 0. The number of benzene rings is 2. The number of amides is 2. The molecule has 0 aliphatic rings. The van der Waals surface area contributed by atoms with E-state index in [-0.39, 0.29) is 11.5 Å². The Bertz CT molecular complexity index is 970. The highest BCUT2D eigenvalue weighted by Crippen LogP contribution is 2.23. The van der Waals surface area contributed by atoms with Crippen molar-refractivity contribution in [3.05, 3.63) is 77.6 Å². The first-order valence-corrected chi connectivity index (χ1v) is 7.86. The van der Waals surface area contributed by atoms with Crippen molar-refractivity contribution in [2.24, 2.45) is 5.73 Å². The quantitative estimate of drug-likeness (QED) is 0.689. The van der Waals surface area contributed by atoms with Crippen LogP contribution in [0.15, 0.2) is 65.1 Å². The van der Waals surface area contributed by atoms with E-state index in [0.717, 1.165) is 5.56 Å². The van der Waals surface area contributed by atoms with Crippen LogP contribution in [0.25, 0.3) is 11.3 Å². The first-order chi connectivity index (χ1) is 12.4. The van der Waals surface area contributed by atoms with Crippen molar-refractivity contribution < 1.29 is 18.8 Å². The Balaban J connectivity index is 1.73. The van der Waals surface area contributed by atoms with E-state index in [2.05, 4.69) is 5.32 Å². The number of Topliss-reactive ketones (excluding diaryl/α,β-unsaturated/α-hetero) is 1. The molecule has 0 radical (unpaired) electrons. The summed E-state index contributed by atoms with van der Waals surface area (Å²) in [5, 5.41) is 2.68. The Hall–Kier alpha value is -3.67. The van der Waals surface area contributed by atoms with E-state index in [9.17, 15) is 14.4 Å². The van der Waals surface area contributed by atoms with E-state index >= 15 is 0 Å². The maximum absolute atomic E-state index is 12.3. The lowest BCUT2D eigenvalue weighted by atomic mass is 10.1. The Labute approximate surface area is 149 Å². The van der Waals surface area contributed by atoms with Gasteiger partial charge >= 0.3 is 0 Å². The first kappa shape index (κ1) is 17.2. The van der Waals surface area contributed by atoms with Crippen molar-refractivity contribution in [2.45, 2.75) is 6.92 Å². The highest BCUT2D eigenvalue weighted by Gasteiger charge is 2.13. The van der Waals surface area contributed by atoms with Gasteiger partial charge in [0.25, 0.3) is 5.91 Å². The summed E-state index contributed by atoms with van der Waals surface area (Å²) >= 11 is 0. The van der Waals surface area contributed by atoms with Crippen molar-refractivity contribution in [2.75, 3.05) is 5.32 Å². The van der Waals surface area contributed by atoms with Crippen molar-refractivity contribution >= 4 is 23.3 Å². The molecule has 1 heterocycles. The third kappa shape index (κ3) is 3.70. The summed E-state index contributed by atoms with van der Waals surface area (Å²) in [5.41, 5.74) is 7.43. The maximum atomic E-state index is 12.3. The number of hydrogen-bond acceptors (Lipinski definition) is 4. The number of hydrogen-bond donors (Lipinski definition) is 2. The predicted octanol–water partition coefficient (Wildman–Crippen LogP) is 3.50. The van der Waals surface area contributed by atoms with Crippen molar-refractivity contribution in [1.29, 1.82) is 0 Å². The number of rotatable bonds is 5. The number of furan rings is 1. The van der Waals surface area contributed by atoms with Crippen molar-refractivity contribution in [3.8, 4) is 11.3 Å². The Morgan fingerprint density at radius 3 is 2.04 bits per heavy atom. The number of ketones is 1. The largest absolute Gasteiger partial charge is 0.451 e. The smallest absolute Gasteiger partial charge is 0.291 e. The zero-order valence-electron chi connectivity index (χ0n) is 14.0. The lowest BCUT2D eigenvalue weighted by molar-refractivity contribution is 0.0992. The van der Waals surface area contributed by atoms with Crippen LogP contribution in [0.2, 0.25) is 0 Å². The summed E-state index contributed by atoms with van der Waals surface area (Å²) < 4.78 is 5.59. The second kappa shape index (κ2) is 7.06. The highest BCUT2D eigenvalue weighted by molar-refractivity contribution is 6.03. The Morgan fingerprint density at radius 1 is 0.846 bits per heavy atom. The molecule has 0 bridgehead atoms. The van der Waals surface area contributed by atoms with E-state index < -0.39 is 11.8 Å². The maximum Gasteiger partial charge on any atom is 0.291 e. The van der Waals surface area contributed by atoms with Crippen LogP contribution in [0.5, 0.6) is 0 Å². The molecule has 0 aliphatic heterocycles. The molecule has 130 valence electrons. The first-order valence-electron chi connectivity index (χ1n) is 7.86. The van der Waals surface area contributed by atoms with Gasteiger partial charge in [-0.15, -0.1) is 0 Å². The molecule has 2 aromatic carbocycles. The molecular weight excluding hydrogens is 332 g/mol. The van der Waals surface area contributed by atoms with E-state index in [4.69, 9.17) is 10.2 Å². The van der Waals surface area contributed by atoms with Gasteiger partial charge in [0.15, 0.2) is 11.5 Å². The fourth-order valence-corrected chi connectivity index (χ4v) is 2.39. The second-order valence-electron chi connectivity index (χ2n) is 5.69. The number of carbonyl (C=O) groups excluding carboxylic acids is 3. The zero-order chi connectivity index (χ0) is 18.7. The molecule has 0 aliphatic carbocycles. The highest BCUT2D eigenvalue weighted by atomic mass is 16.3. The van der Waals surface area contributed by atoms with Crippen LogP contribution >= 0.6 is 0 Å². The van der Waals surface area contributed by atoms with E-state index in [1.807, 2.05) is 0 Å². The lowest BCUT2D eigenvalue weighted by Crippen LogP contribution is -2.12. The molecule has 3 rings (SSSR count). The number of nitrogens with two attached hydrogens (primary N) is 1. The average molecular weight is 348 g/mol. The summed E-state index contributed by atoms with van der Waals surface area (Å²) in [5.74, 6) is -0.292. The van der Waals surface area contributed by atoms with Crippen LogP contribution in [0, 0.1) is 0 Å². The van der Waals surface area contributed by atoms with Gasteiger partial charge < -0.3 is 15.5 Å². The molecule has 1 aromatic heterocycles. The van der Waals surface area contributed by atoms with E-state index in [1.165, 1.54) is 19.1 Å². The van der Waals surface area contributed by atoms with Gasteiger partial charge in [-0.2, -0.15) is 0 Å². The number of nitrogens with one attached hydrogen (secondary N) is 1. The van der Waals surface area contributed by atoms with Crippen molar-refractivity contribution in [1.82, 2.24) is 0 Å². The number of anilines is 1. The molecule has 0 unspecified atom stereocenters. The van der Waals surface area contributed by atoms with Crippen LogP contribution in [-0.2, 0) is 0 Å². The van der Waals surface area contributed by atoms with E-state index in [0.29, 0.717) is 22.6 Å². The molecule has 0 atom stereocenters. The minimum Gasteiger partial charge on any atom is -0.451 e. The molecule has 26 heavy (non-hydrogen) atoms. The molecule has 0 spiro atoms. The standard InChI is InChI=1S/C20H16N2O4/c1-12(23)13-2-4-14(5-3-13)17-10-11-18(26-17)20(25)22-16-8-6-15(7-9-16)19(21)24/h2-11H,1H3,(H2,21,24)(H,22,25). The van der Waals surface area contributed by atoms with Crippen LogP contribution in [0.3, 0.4) is 0 Å². The molecule has 6 nitrogen and oxygen atoms in total. The Morgan fingerprint density at radius 2 is 1.46 bits per heavy atom. The number of primary amides is 1. The third-order valence-corrected chi connectivity index (χ3v) is 3.83. The molecule has 6 heteroatoms. The average Bonchev–Trinajstić information content (AvgIpc) is 3.12. The Kier molecular flexibility index (Phi) is 4.66. The van der Waals surface area contributed by atoms with Gasteiger partial charge in [-0.3, -0.25) is 14.4 Å². The molecular formula is C20H16N2O4. The molecule has 0 saturated carbocycles. The minimum atomic E-state index is -0.533. The van der Waals surface area contributed by atoms with Crippen LogP contribution < -0.4 is 11.1 Å². The second-order valence-corrected chi connectivity index (χ2v) is 5.69. The molecule has 0 saturated heterocycles. The van der Waals surface area contributed by atoms with Gasteiger partial charge in [0.1, 0.15) is 5.76 Å². The summed E-state index contributed by atoms with van der Waals surface area (Å²) in [4.78, 5) is 34.6. The van der Waals surface area contributed by atoms with Gasteiger partial charge in [-0.25, -0.2) is 0 Å². The van der Waals surface area contributed by atoms with Gasteiger partial charge in [-0.05, 0) is 43.3 Å². The fourth-order valence-electron chi connectivity index (χ4n) is 2.39.